The van der Waals surface area contributed by atoms with Gasteiger partial charge in [-0.05, 0) is 154 Å². The van der Waals surface area contributed by atoms with E-state index in [-0.39, 0.29) is 25.7 Å². The maximum atomic E-state index is 13.1. The molecule has 0 bridgehead atoms. The van der Waals surface area contributed by atoms with Gasteiger partial charge in [-0.25, -0.2) is 9.13 Å². The molecule has 5 atom stereocenters. The maximum Gasteiger partial charge on any atom is 0.472 e. The molecule has 0 heterocycles. The summed E-state index contributed by atoms with van der Waals surface area (Å²) in [5.41, 5.74) is 0. The van der Waals surface area contributed by atoms with Gasteiger partial charge in [-0.15, -0.1) is 0 Å². The van der Waals surface area contributed by atoms with E-state index in [9.17, 15) is 43.2 Å². The molecule has 19 heteroatoms. The van der Waals surface area contributed by atoms with E-state index in [4.69, 9.17) is 37.0 Å². The van der Waals surface area contributed by atoms with E-state index in [0.717, 1.165) is 154 Å². The van der Waals surface area contributed by atoms with Crippen LogP contribution in [0.15, 0.2) is 170 Å². The summed E-state index contributed by atoms with van der Waals surface area (Å²) >= 11 is 0. The molecule has 0 aromatic heterocycles. The Labute approximate surface area is 654 Å². The van der Waals surface area contributed by atoms with Gasteiger partial charge in [-0.1, -0.05) is 301 Å². The van der Waals surface area contributed by atoms with Crippen LogP contribution in [0.4, 0.5) is 0 Å². The highest BCUT2D eigenvalue weighted by Crippen LogP contribution is 2.45. The van der Waals surface area contributed by atoms with Gasteiger partial charge in [-0.2, -0.15) is 0 Å². The Kier molecular flexibility index (Phi) is 75.4. The summed E-state index contributed by atoms with van der Waals surface area (Å²) in [4.78, 5) is 73.1. The Morgan fingerprint density at radius 3 is 0.787 bits per heavy atom. The SMILES string of the molecule is CC/C=C\C/C=C\C/C=C\C/C=C\C/C=C\C/C=C\CCC(=O)OC[C@H](COP(=O)(O)OC[C@@H](O)COP(=O)(O)OC[C@@H](COC(=O)CC/C=C\C/C=C\C/C=C\C/C=C\C/C=C\C/C=C\CC)OC(=O)CCCCCCCCC/C=C\CCCCCC)OC(=O)CCCCCCC/C=C\CCCCCCCC. The Morgan fingerprint density at radius 1 is 0.269 bits per heavy atom. The maximum absolute atomic E-state index is 13.1. The predicted molar refractivity (Wildman–Crippen MR) is 445 cm³/mol. The number of hydrogen-bond acceptors (Lipinski definition) is 15. The highest BCUT2D eigenvalue weighted by Gasteiger charge is 2.30. The quantitative estimate of drug-likeness (QED) is 0.0169. The van der Waals surface area contributed by atoms with Gasteiger partial charge in [0.05, 0.1) is 26.4 Å². The van der Waals surface area contributed by atoms with Gasteiger partial charge < -0.3 is 33.8 Å². The summed E-state index contributed by atoms with van der Waals surface area (Å²) in [7, 11) is -10.0. The van der Waals surface area contributed by atoms with E-state index in [0.29, 0.717) is 38.5 Å². The molecule has 0 spiro atoms. The fourth-order valence-electron chi connectivity index (χ4n) is 10.4. The third-order valence-electron chi connectivity index (χ3n) is 16.7. The van der Waals surface area contributed by atoms with Crippen LogP contribution in [0.25, 0.3) is 0 Å². The zero-order chi connectivity index (χ0) is 78.9. The first-order valence-electron chi connectivity index (χ1n) is 41.4. The summed E-state index contributed by atoms with van der Waals surface area (Å²) in [5.74, 6) is -2.39. The molecule has 0 aromatic rings. The van der Waals surface area contributed by atoms with E-state index in [1.807, 2.05) is 36.5 Å². The van der Waals surface area contributed by atoms with Crippen LogP contribution in [0.3, 0.4) is 0 Å². The lowest BCUT2D eigenvalue weighted by atomic mass is 10.1. The number of aliphatic hydroxyl groups excluding tert-OH is 1. The van der Waals surface area contributed by atoms with Crippen LogP contribution in [0.2, 0.25) is 0 Å². The highest BCUT2D eigenvalue weighted by molar-refractivity contribution is 7.47. The average molecular weight is 1550 g/mol. The first-order valence-corrected chi connectivity index (χ1v) is 44.4. The average Bonchev–Trinajstić information content (AvgIpc) is 0.923. The lowest BCUT2D eigenvalue weighted by Gasteiger charge is -2.21. The number of unbranched alkanes of at least 4 members (excludes halogenated alkanes) is 22. The monoisotopic (exact) mass is 1550 g/mol. The lowest BCUT2D eigenvalue weighted by Crippen LogP contribution is -2.30. The molecule has 0 aliphatic heterocycles. The van der Waals surface area contributed by atoms with Crippen LogP contribution in [-0.4, -0.2) is 96.7 Å². The fraction of sp³-hybridized carbons (Fsp3) is 0.640. The standard InChI is InChI=1S/C89H146O17P2/c1-5-9-13-17-21-25-29-33-37-39-41-43-47-49-53-57-61-65-69-73-86(91)99-79-84(105-88(93)75-71-67-63-59-55-51-45-35-31-27-23-19-15-11-7-3)81-103-107(95,96)101-77-83(90)78-102-108(97,98)104-82-85(106-89(94)76-72-68-64-60-56-52-46-36-32-28-24-20-16-12-8-4)80-100-87(92)74-70-66-62-58-54-50-48-44-42-40-38-34-30-26-22-18-14-10-6-2/h9-10,13-14,21-22,25-27,31,33-34,36-38,41-44,46,49-50,53-54,61-62,65-66,83-85,90H,5-8,11-12,15-20,23-24,28-30,32,35,39-40,45,47-48,51-52,55-60,63-64,67-82H2,1-4H3,(H,95,96)(H,97,98)/b13-9-,14-10-,25-21-,26-22-,31-27-,37-33-,38-34-,43-41-,44-42-,46-36-,53-49-,54-50-,65-61-,66-62-/t83-,84+,85+/m0/s1. The molecule has 0 rings (SSSR count). The van der Waals surface area contributed by atoms with Crippen molar-refractivity contribution in [3.8, 4) is 0 Å². The van der Waals surface area contributed by atoms with Crippen molar-refractivity contribution in [3.63, 3.8) is 0 Å². The van der Waals surface area contributed by atoms with Crippen LogP contribution in [0.1, 0.15) is 310 Å². The van der Waals surface area contributed by atoms with Gasteiger partial charge in [0.2, 0.25) is 0 Å². The molecule has 0 aliphatic rings. The number of esters is 4. The van der Waals surface area contributed by atoms with E-state index < -0.39 is 97.5 Å². The minimum atomic E-state index is -5.01. The van der Waals surface area contributed by atoms with Gasteiger partial charge in [0, 0.05) is 25.7 Å². The number of allylic oxidation sites excluding steroid dienone is 28. The van der Waals surface area contributed by atoms with Gasteiger partial charge in [0.25, 0.3) is 0 Å². The van der Waals surface area contributed by atoms with E-state index in [1.165, 1.54) is 64.2 Å². The molecular formula is C89H146O17P2. The van der Waals surface area contributed by atoms with E-state index in [1.54, 1.807) is 0 Å². The lowest BCUT2D eigenvalue weighted by molar-refractivity contribution is -0.161. The van der Waals surface area contributed by atoms with Crippen molar-refractivity contribution in [2.45, 2.75) is 329 Å². The van der Waals surface area contributed by atoms with Crippen LogP contribution >= 0.6 is 15.6 Å². The van der Waals surface area contributed by atoms with Crippen molar-refractivity contribution in [1.82, 2.24) is 0 Å². The first-order chi connectivity index (χ1) is 52.7. The molecule has 17 nitrogen and oxygen atoms in total. The molecular weight excluding hydrogens is 1400 g/mol. The summed E-state index contributed by atoms with van der Waals surface area (Å²) in [6.07, 6.45) is 95.0. The second-order valence-corrected chi connectivity index (χ2v) is 29.8. The molecule has 0 aliphatic carbocycles. The van der Waals surface area contributed by atoms with Gasteiger partial charge >= 0.3 is 39.5 Å². The Balaban J connectivity index is 5.51. The number of ether oxygens (including phenoxy) is 4. The third kappa shape index (κ3) is 78.5. The Bertz CT molecular complexity index is 2710. The Morgan fingerprint density at radius 2 is 0.500 bits per heavy atom. The van der Waals surface area contributed by atoms with Crippen molar-refractivity contribution in [2.75, 3.05) is 39.6 Å². The summed E-state index contributed by atoms with van der Waals surface area (Å²) in [6.45, 7) is 4.45. The zero-order valence-corrected chi connectivity index (χ0v) is 69.0. The molecule has 3 N–H and O–H groups in total. The van der Waals surface area contributed by atoms with Crippen molar-refractivity contribution in [1.29, 1.82) is 0 Å². The van der Waals surface area contributed by atoms with Crippen LogP contribution in [-0.2, 0) is 65.4 Å². The van der Waals surface area contributed by atoms with Crippen LogP contribution in [0, 0.1) is 0 Å². The highest BCUT2D eigenvalue weighted by atomic mass is 31.2. The third-order valence-corrected chi connectivity index (χ3v) is 18.6. The number of phosphoric acid groups is 2. The molecule has 108 heavy (non-hydrogen) atoms. The number of phosphoric ester groups is 2. The number of hydrogen-bond donors (Lipinski definition) is 3. The van der Waals surface area contributed by atoms with Gasteiger partial charge in [-0.3, -0.25) is 37.3 Å². The molecule has 0 fully saturated rings. The fourth-order valence-corrected chi connectivity index (χ4v) is 12.0. The van der Waals surface area contributed by atoms with Crippen molar-refractivity contribution in [3.05, 3.63) is 170 Å². The molecule has 0 amide bonds. The number of rotatable bonds is 76. The topological polar surface area (TPSA) is 237 Å². The molecule has 0 aromatic carbocycles. The zero-order valence-electron chi connectivity index (χ0n) is 67.2. The minimum Gasteiger partial charge on any atom is -0.462 e. The summed E-state index contributed by atoms with van der Waals surface area (Å²) in [6, 6.07) is 0. The largest absolute Gasteiger partial charge is 0.472 e. The number of carbonyl (C=O) groups excluding carboxylic acids is 4. The van der Waals surface area contributed by atoms with E-state index >= 15 is 0 Å². The Hall–Kier alpha value is -5.58. The van der Waals surface area contributed by atoms with Crippen LogP contribution < -0.4 is 0 Å². The normalized spacial score (nSPS) is 14.7. The first kappa shape index (κ1) is 102. The molecule has 2 unspecified atom stereocenters. The number of carbonyl (C=O) groups is 4. The van der Waals surface area contributed by atoms with Gasteiger partial charge in [0.15, 0.2) is 12.2 Å². The molecule has 0 radical (unpaired) electrons. The van der Waals surface area contributed by atoms with Crippen molar-refractivity contribution in [2.24, 2.45) is 0 Å². The predicted octanol–water partition coefficient (Wildman–Crippen LogP) is 24.6. The van der Waals surface area contributed by atoms with E-state index in [2.05, 4.69) is 161 Å². The number of aliphatic hydroxyl groups is 1. The smallest absolute Gasteiger partial charge is 0.462 e. The summed E-state index contributed by atoms with van der Waals surface area (Å²) in [5, 5.41) is 10.7. The molecule has 614 valence electrons. The van der Waals surface area contributed by atoms with Crippen molar-refractivity contribution >= 4 is 39.5 Å². The van der Waals surface area contributed by atoms with Crippen LogP contribution in [0.5, 0.6) is 0 Å². The second-order valence-electron chi connectivity index (χ2n) is 26.9. The molecule has 0 saturated heterocycles. The van der Waals surface area contributed by atoms with Crippen molar-refractivity contribution < 1.29 is 80.2 Å². The summed E-state index contributed by atoms with van der Waals surface area (Å²) < 4.78 is 68.5. The van der Waals surface area contributed by atoms with Gasteiger partial charge in [0.1, 0.15) is 19.3 Å². The second kappa shape index (κ2) is 79.5. The minimum absolute atomic E-state index is 0.0285. The molecule has 0 saturated carbocycles.